The molecular formula is C20H22N4OS. The summed E-state index contributed by atoms with van der Waals surface area (Å²) < 4.78 is 2.23. The van der Waals surface area contributed by atoms with Gasteiger partial charge in [0.25, 0.3) is 0 Å². The van der Waals surface area contributed by atoms with Crippen LogP contribution >= 0.6 is 11.3 Å². The molecule has 0 aliphatic carbocycles. The van der Waals surface area contributed by atoms with Crippen molar-refractivity contribution in [2.75, 3.05) is 5.32 Å². The fraction of sp³-hybridized carbons (Fsp3) is 0.350. The van der Waals surface area contributed by atoms with Crippen LogP contribution in [0.15, 0.2) is 41.8 Å². The number of benzene rings is 1. The van der Waals surface area contributed by atoms with E-state index in [4.69, 9.17) is 0 Å². The first kappa shape index (κ1) is 17.0. The zero-order valence-corrected chi connectivity index (χ0v) is 15.5. The number of aromatic nitrogens is 3. The third-order valence-electron chi connectivity index (χ3n) is 4.69. The van der Waals surface area contributed by atoms with E-state index in [-0.39, 0.29) is 5.91 Å². The Morgan fingerprint density at radius 2 is 2.12 bits per heavy atom. The molecule has 6 heteroatoms. The molecule has 0 fully saturated rings. The Morgan fingerprint density at radius 3 is 3.00 bits per heavy atom. The summed E-state index contributed by atoms with van der Waals surface area (Å²) in [5.41, 5.74) is 1.81. The summed E-state index contributed by atoms with van der Waals surface area (Å²) in [6.07, 6.45) is 5.84. The molecule has 0 atom stereocenters. The van der Waals surface area contributed by atoms with Crippen molar-refractivity contribution >= 4 is 22.9 Å². The second-order valence-electron chi connectivity index (χ2n) is 6.61. The van der Waals surface area contributed by atoms with Gasteiger partial charge in [0.15, 0.2) is 5.82 Å². The maximum Gasteiger partial charge on any atom is 0.224 e. The summed E-state index contributed by atoms with van der Waals surface area (Å²) in [7, 11) is 0. The Kier molecular flexibility index (Phi) is 5.11. The Bertz CT molecular complexity index is 885. The average molecular weight is 366 g/mol. The van der Waals surface area contributed by atoms with Gasteiger partial charge in [0.1, 0.15) is 5.82 Å². The minimum Gasteiger partial charge on any atom is -0.326 e. The number of carbonyl (C=O) groups is 1. The van der Waals surface area contributed by atoms with Crippen LogP contribution in [-0.4, -0.2) is 20.7 Å². The number of amides is 1. The summed E-state index contributed by atoms with van der Waals surface area (Å²) in [4.78, 5) is 13.5. The first-order valence-electron chi connectivity index (χ1n) is 9.14. The minimum absolute atomic E-state index is 0.0376. The van der Waals surface area contributed by atoms with E-state index in [2.05, 4.69) is 26.1 Å². The van der Waals surface area contributed by atoms with Gasteiger partial charge in [0.05, 0.1) is 0 Å². The highest BCUT2D eigenvalue weighted by molar-refractivity contribution is 7.09. The van der Waals surface area contributed by atoms with Gasteiger partial charge in [-0.1, -0.05) is 24.6 Å². The molecule has 3 heterocycles. The maximum atomic E-state index is 12.2. The smallest absolute Gasteiger partial charge is 0.224 e. The maximum absolute atomic E-state index is 12.2. The molecule has 0 saturated carbocycles. The molecule has 26 heavy (non-hydrogen) atoms. The van der Waals surface area contributed by atoms with E-state index in [0.29, 0.717) is 6.42 Å². The summed E-state index contributed by atoms with van der Waals surface area (Å²) in [6, 6.07) is 12.0. The predicted octanol–water partition coefficient (Wildman–Crippen LogP) is 4.30. The normalized spacial score (nSPS) is 13.8. The van der Waals surface area contributed by atoms with Crippen LogP contribution in [0.5, 0.6) is 0 Å². The molecule has 1 amide bonds. The van der Waals surface area contributed by atoms with E-state index in [0.717, 1.165) is 48.7 Å². The highest BCUT2D eigenvalue weighted by Crippen LogP contribution is 2.25. The van der Waals surface area contributed by atoms with Crippen molar-refractivity contribution in [3.63, 3.8) is 0 Å². The molecule has 3 aromatic rings. The molecule has 0 radical (unpaired) electrons. The SMILES string of the molecule is O=C(CCc1cccs1)Nc1cccc(-c2nnc3n2CCCCC3)c1. The van der Waals surface area contributed by atoms with Crippen LogP contribution < -0.4 is 5.32 Å². The summed E-state index contributed by atoms with van der Waals surface area (Å²) in [6.45, 7) is 0.967. The lowest BCUT2D eigenvalue weighted by Gasteiger charge is -2.09. The second kappa shape index (κ2) is 7.83. The van der Waals surface area contributed by atoms with Crippen molar-refractivity contribution in [2.24, 2.45) is 0 Å². The van der Waals surface area contributed by atoms with Crippen LogP contribution in [0.25, 0.3) is 11.4 Å². The molecule has 1 aromatic carbocycles. The molecule has 1 N–H and O–H groups in total. The molecule has 4 rings (SSSR count). The van der Waals surface area contributed by atoms with E-state index in [1.54, 1.807) is 11.3 Å². The average Bonchev–Trinajstić information content (AvgIpc) is 3.25. The lowest BCUT2D eigenvalue weighted by atomic mass is 10.1. The van der Waals surface area contributed by atoms with Crippen molar-refractivity contribution in [1.82, 2.24) is 14.8 Å². The van der Waals surface area contributed by atoms with E-state index >= 15 is 0 Å². The van der Waals surface area contributed by atoms with Crippen LogP contribution in [0.2, 0.25) is 0 Å². The topological polar surface area (TPSA) is 59.8 Å². The second-order valence-corrected chi connectivity index (χ2v) is 7.64. The van der Waals surface area contributed by atoms with E-state index in [1.165, 1.54) is 17.7 Å². The standard InChI is InChI=1S/C20H22N4OS/c25-19(11-10-17-8-5-13-26-17)21-16-7-4-6-15(14-16)20-23-22-18-9-2-1-3-12-24(18)20/h4-8,13-14H,1-3,9-12H2,(H,21,25). The number of rotatable bonds is 5. The van der Waals surface area contributed by atoms with Crippen molar-refractivity contribution in [2.45, 2.75) is 45.1 Å². The Morgan fingerprint density at radius 1 is 1.15 bits per heavy atom. The van der Waals surface area contributed by atoms with Gasteiger partial charge in [-0.3, -0.25) is 4.79 Å². The highest BCUT2D eigenvalue weighted by atomic mass is 32.1. The third-order valence-corrected chi connectivity index (χ3v) is 5.63. The molecule has 2 aromatic heterocycles. The van der Waals surface area contributed by atoms with E-state index in [1.807, 2.05) is 35.7 Å². The Balaban J connectivity index is 1.47. The molecule has 0 unspecified atom stereocenters. The number of hydrogen-bond donors (Lipinski definition) is 1. The van der Waals surface area contributed by atoms with Crippen molar-refractivity contribution < 1.29 is 4.79 Å². The number of carbonyl (C=O) groups excluding carboxylic acids is 1. The number of nitrogens with one attached hydrogen (secondary N) is 1. The van der Waals surface area contributed by atoms with Crippen molar-refractivity contribution in [1.29, 1.82) is 0 Å². The number of aryl methyl sites for hydroxylation is 2. The van der Waals surface area contributed by atoms with E-state index in [9.17, 15) is 4.79 Å². The quantitative estimate of drug-likeness (QED) is 0.732. The number of fused-ring (bicyclic) bond motifs is 1. The fourth-order valence-electron chi connectivity index (χ4n) is 3.35. The summed E-state index contributed by atoms with van der Waals surface area (Å²) in [5.74, 6) is 2.01. The van der Waals surface area contributed by atoms with Crippen LogP contribution in [0.1, 0.15) is 36.4 Å². The van der Waals surface area contributed by atoms with Gasteiger partial charge in [-0.15, -0.1) is 21.5 Å². The van der Waals surface area contributed by atoms with Crippen LogP contribution in [0.4, 0.5) is 5.69 Å². The molecule has 0 saturated heterocycles. The zero-order chi connectivity index (χ0) is 17.8. The first-order chi connectivity index (χ1) is 12.8. The van der Waals surface area contributed by atoms with Gasteiger partial charge in [-0.05, 0) is 42.8 Å². The molecule has 0 bridgehead atoms. The van der Waals surface area contributed by atoms with E-state index < -0.39 is 0 Å². The lowest BCUT2D eigenvalue weighted by molar-refractivity contribution is -0.116. The molecular weight excluding hydrogens is 344 g/mol. The summed E-state index contributed by atoms with van der Waals surface area (Å²) in [5, 5.41) is 13.8. The van der Waals surface area contributed by atoms with Crippen LogP contribution in [0.3, 0.4) is 0 Å². The number of hydrogen-bond acceptors (Lipinski definition) is 4. The molecule has 1 aliphatic rings. The monoisotopic (exact) mass is 366 g/mol. The lowest BCUT2D eigenvalue weighted by Crippen LogP contribution is -2.12. The largest absolute Gasteiger partial charge is 0.326 e. The fourth-order valence-corrected chi connectivity index (χ4v) is 4.06. The number of thiophene rings is 1. The first-order valence-corrected chi connectivity index (χ1v) is 10.0. The Labute approximate surface area is 157 Å². The summed E-state index contributed by atoms with van der Waals surface area (Å²) >= 11 is 1.69. The van der Waals surface area contributed by atoms with Gasteiger partial charge in [0, 0.05) is 35.5 Å². The van der Waals surface area contributed by atoms with Gasteiger partial charge < -0.3 is 9.88 Å². The van der Waals surface area contributed by atoms with Gasteiger partial charge in [-0.25, -0.2) is 0 Å². The van der Waals surface area contributed by atoms with Gasteiger partial charge in [0.2, 0.25) is 5.91 Å². The van der Waals surface area contributed by atoms with Crippen LogP contribution in [-0.2, 0) is 24.2 Å². The molecule has 1 aliphatic heterocycles. The van der Waals surface area contributed by atoms with Crippen LogP contribution in [0, 0.1) is 0 Å². The van der Waals surface area contributed by atoms with Gasteiger partial charge >= 0.3 is 0 Å². The highest BCUT2D eigenvalue weighted by Gasteiger charge is 2.16. The molecule has 0 spiro atoms. The third kappa shape index (κ3) is 3.85. The molecule has 5 nitrogen and oxygen atoms in total. The van der Waals surface area contributed by atoms with Crippen molar-refractivity contribution in [3.8, 4) is 11.4 Å². The number of anilines is 1. The van der Waals surface area contributed by atoms with Crippen molar-refractivity contribution in [3.05, 3.63) is 52.5 Å². The van der Waals surface area contributed by atoms with Gasteiger partial charge in [-0.2, -0.15) is 0 Å². The zero-order valence-electron chi connectivity index (χ0n) is 14.6. The molecule has 134 valence electrons. The Hall–Kier alpha value is -2.47. The predicted molar refractivity (Wildman–Crippen MR) is 104 cm³/mol. The number of nitrogens with zero attached hydrogens (tertiary/aromatic N) is 3. The minimum atomic E-state index is 0.0376.